The zero-order chi connectivity index (χ0) is 6.15. The molecule has 0 aromatic carbocycles. The number of thioether (sulfide) groups is 1. The van der Waals surface area contributed by atoms with Gasteiger partial charge in [-0.1, -0.05) is 6.92 Å². The molecule has 1 heterocycles. The molecule has 0 aromatic heterocycles. The highest BCUT2D eigenvalue weighted by Gasteiger charge is 2.33. The highest BCUT2D eigenvalue weighted by atomic mass is 32.2. The van der Waals surface area contributed by atoms with Crippen LogP contribution in [0.3, 0.4) is 0 Å². The second kappa shape index (κ2) is 2.21. The number of hydrogen-bond donors (Lipinski definition) is 0. The summed E-state index contributed by atoms with van der Waals surface area (Å²) in [6, 6.07) is 0. The fourth-order valence-corrected chi connectivity index (χ4v) is 1.81. The van der Waals surface area contributed by atoms with Gasteiger partial charge in [0, 0.05) is 11.7 Å². The van der Waals surface area contributed by atoms with E-state index in [0.29, 0.717) is 5.75 Å². The van der Waals surface area contributed by atoms with E-state index in [1.165, 1.54) is 0 Å². The third-order valence-corrected chi connectivity index (χ3v) is 2.61. The Hall–Kier alpha value is 0.210. The molecule has 0 aromatic rings. The molecule has 1 aliphatic rings. The molecule has 3 unspecified atom stereocenters. The molecule has 0 N–H and O–H groups in total. The van der Waals surface area contributed by atoms with Crippen LogP contribution in [0.4, 0.5) is 8.78 Å². The van der Waals surface area contributed by atoms with E-state index in [-0.39, 0.29) is 5.92 Å². The van der Waals surface area contributed by atoms with Gasteiger partial charge in [-0.25, -0.2) is 8.78 Å². The summed E-state index contributed by atoms with van der Waals surface area (Å²) in [5.41, 5.74) is -1.26. The molecule has 3 heteroatoms. The second-order valence-electron chi connectivity index (χ2n) is 2.11. The number of halogens is 2. The van der Waals surface area contributed by atoms with Gasteiger partial charge in [0.1, 0.15) is 6.17 Å². The van der Waals surface area contributed by atoms with Crippen LogP contribution < -0.4 is 0 Å². The molecule has 48 valence electrons. The predicted molar refractivity (Wildman–Crippen MR) is 31.4 cm³/mol. The van der Waals surface area contributed by atoms with E-state index in [1.807, 2.05) is 0 Å². The summed E-state index contributed by atoms with van der Waals surface area (Å²) in [7, 11) is 0. The van der Waals surface area contributed by atoms with Crippen molar-refractivity contribution >= 4 is 11.8 Å². The molecule has 0 nitrogen and oxygen atoms in total. The summed E-state index contributed by atoms with van der Waals surface area (Å²) < 4.78 is 24.5. The minimum absolute atomic E-state index is 0.0880. The number of hydrogen-bond acceptors (Lipinski definition) is 1. The van der Waals surface area contributed by atoms with Crippen LogP contribution in [0, 0.1) is 5.92 Å². The smallest absolute Gasteiger partial charge is 0.177 e. The van der Waals surface area contributed by atoms with Crippen LogP contribution >= 0.6 is 11.8 Å². The lowest BCUT2D eigenvalue weighted by Gasteiger charge is -2.03. The Balaban J connectivity index is 2.44. The topological polar surface area (TPSA) is 0 Å². The molecule has 0 spiro atoms. The molecule has 0 aliphatic carbocycles. The highest BCUT2D eigenvalue weighted by Crippen LogP contribution is 2.34. The van der Waals surface area contributed by atoms with Gasteiger partial charge >= 0.3 is 0 Å². The van der Waals surface area contributed by atoms with Gasteiger partial charge in [0.15, 0.2) is 5.50 Å². The minimum atomic E-state index is -1.26. The Morgan fingerprint density at radius 3 is 2.25 bits per heavy atom. The normalized spacial score (nSPS) is 47.6. The molecule has 0 saturated carbocycles. The molecule has 1 saturated heterocycles. The molecule has 0 radical (unpaired) electrons. The zero-order valence-electron chi connectivity index (χ0n) is 4.60. The van der Waals surface area contributed by atoms with Crippen LogP contribution in [0.1, 0.15) is 6.92 Å². The van der Waals surface area contributed by atoms with Gasteiger partial charge in [0.2, 0.25) is 0 Å². The van der Waals surface area contributed by atoms with Gasteiger partial charge < -0.3 is 0 Å². The second-order valence-corrected chi connectivity index (χ2v) is 3.22. The van der Waals surface area contributed by atoms with E-state index in [0.717, 1.165) is 11.8 Å². The lowest BCUT2D eigenvalue weighted by atomic mass is 10.1. The van der Waals surface area contributed by atoms with E-state index in [9.17, 15) is 8.78 Å². The van der Waals surface area contributed by atoms with E-state index in [2.05, 4.69) is 0 Å². The fourth-order valence-electron chi connectivity index (χ4n) is 0.686. The molecule has 8 heavy (non-hydrogen) atoms. The quantitative estimate of drug-likeness (QED) is 0.493. The standard InChI is InChI=1S/C5H8F2S/c1-3-2-8-5(7)4(3)6/h3-5H,2H2,1H3. The predicted octanol–water partition coefficient (Wildman–Crippen LogP) is 2.00. The molecular formula is C5H8F2S. The van der Waals surface area contributed by atoms with E-state index in [1.54, 1.807) is 6.92 Å². The number of rotatable bonds is 0. The Bertz CT molecular complexity index is 76.5. The first-order valence-electron chi connectivity index (χ1n) is 2.61. The van der Waals surface area contributed by atoms with Gasteiger partial charge in [-0.2, -0.15) is 0 Å². The summed E-state index contributed by atoms with van der Waals surface area (Å²) in [5.74, 6) is 0.539. The third kappa shape index (κ3) is 0.966. The molecule has 1 rings (SSSR count). The van der Waals surface area contributed by atoms with Crippen LogP contribution in [0.25, 0.3) is 0 Å². The van der Waals surface area contributed by atoms with Crippen LogP contribution in [-0.2, 0) is 0 Å². The van der Waals surface area contributed by atoms with Crippen molar-refractivity contribution in [2.75, 3.05) is 5.75 Å². The maximum Gasteiger partial charge on any atom is 0.177 e. The third-order valence-electron chi connectivity index (χ3n) is 1.31. The largest absolute Gasteiger partial charge is 0.243 e. The highest BCUT2D eigenvalue weighted by molar-refractivity contribution is 8.00. The lowest BCUT2D eigenvalue weighted by Crippen LogP contribution is -2.13. The van der Waals surface area contributed by atoms with Gasteiger partial charge in [-0.3, -0.25) is 0 Å². The van der Waals surface area contributed by atoms with E-state index < -0.39 is 11.7 Å². The van der Waals surface area contributed by atoms with Crippen molar-refractivity contribution in [3.8, 4) is 0 Å². The summed E-state index contributed by atoms with van der Waals surface area (Å²) >= 11 is 1.07. The zero-order valence-corrected chi connectivity index (χ0v) is 5.42. The van der Waals surface area contributed by atoms with Gasteiger partial charge in [-0.05, 0) is 0 Å². The van der Waals surface area contributed by atoms with Gasteiger partial charge in [-0.15, -0.1) is 11.8 Å². The van der Waals surface area contributed by atoms with Crippen molar-refractivity contribution in [1.82, 2.24) is 0 Å². The Labute approximate surface area is 51.6 Å². The summed E-state index contributed by atoms with van der Waals surface area (Å²) in [4.78, 5) is 0. The van der Waals surface area contributed by atoms with Crippen molar-refractivity contribution in [2.45, 2.75) is 18.6 Å². The fraction of sp³-hybridized carbons (Fsp3) is 1.00. The van der Waals surface area contributed by atoms with Crippen molar-refractivity contribution < 1.29 is 8.78 Å². The molecular weight excluding hydrogens is 130 g/mol. The van der Waals surface area contributed by atoms with Crippen LogP contribution in [0.15, 0.2) is 0 Å². The SMILES string of the molecule is CC1CSC(F)C1F. The Kier molecular flexibility index (Phi) is 1.75. The Morgan fingerprint density at radius 1 is 1.50 bits per heavy atom. The van der Waals surface area contributed by atoms with Crippen LogP contribution in [0.2, 0.25) is 0 Å². The Morgan fingerprint density at radius 2 is 2.12 bits per heavy atom. The molecule has 1 fully saturated rings. The van der Waals surface area contributed by atoms with Crippen molar-refractivity contribution in [1.29, 1.82) is 0 Å². The average Bonchev–Trinajstić information content (AvgIpc) is 1.98. The maximum atomic E-state index is 12.3. The first kappa shape index (κ1) is 6.33. The van der Waals surface area contributed by atoms with E-state index >= 15 is 0 Å². The van der Waals surface area contributed by atoms with Crippen molar-refractivity contribution in [3.63, 3.8) is 0 Å². The first-order valence-corrected chi connectivity index (χ1v) is 3.66. The summed E-state index contributed by atoms with van der Waals surface area (Å²) in [5, 5.41) is 0. The average molecular weight is 138 g/mol. The van der Waals surface area contributed by atoms with Crippen molar-refractivity contribution in [3.05, 3.63) is 0 Å². The summed E-state index contributed by atoms with van der Waals surface area (Å²) in [6.07, 6.45) is -1.22. The summed E-state index contributed by atoms with van der Waals surface area (Å²) in [6.45, 7) is 1.73. The maximum absolute atomic E-state index is 12.3. The number of alkyl halides is 2. The monoisotopic (exact) mass is 138 g/mol. The van der Waals surface area contributed by atoms with Gasteiger partial charge in [0.25, 0.3) is 0 Å². The first-order chi connectivity index (χ1) is 3.72. The van der Waals surface area contributed by atoms with Crippen LogP contribution in [0.5, 0.6) is 0 Å². The molecule has 0 amide bonds. The molecule has 3 atom stereocenters. The molecule has 1 aliphatic heterocycles. The van der Waals surface area contributed by atoms with Gasteiger partial charge in [0.05, 0.1) is 0 Å². The molecule has 0 bridgehead atoms. The van der Waals surface area contributed by atoms with Crippen molar-refractivity contribution in [2.24, 2.45) is 5.92 Å². The lowest BCUT2D eigenvalue weighted by molar-refractivity contribution is 0.199. The minimum Gasteiger partial charge on any atom is -0.243 e. The van der Waals surface area contributed by atoms with Crippen LogP contribution in [-0.4, -0.2) is 17.4 Å². The van der Waals surface area contributed by atoms with E-state index in [4.69, 9.17) is 0 Å².